The molecule has 78 valence electrons. The van der Waals surface area contributed by atoms with Gasteiger partial charge in [-0.3, -0.25) is 4.68 Å². The molecule has 15 heavy (non-hydrogen) atoms. The summed E-state index contributed by atoms with van der Waals surface area (Å²) in [5.74, 6) is 0.300. The molecule has 0 unspecified atom stereocenters. The quantitative estimate of drug-likeness (QED) is 0.830. The molecule has 1 N–H and O–H groups in total. The first-order valence-electron chi connectivity index (χ1n) is 5.12. The van der Waals surface area contributed by atoms with Crippen molar-refractivity contribution >= 4 is 0 Å². The van der Waals surface area contributed by atoms with Crippen LogP contribution in [0.3, 0.4) is 0 Å². The van der Waals surface area contributed by atoms with Crippen molar-refractivity contribution in [3.8, 4) is 16.9 Å². The van der Waals surface area contributed by atoms with Crippen LogP contribution in [-0.2, 0) is 6.54 Å². The van der Waals surface area contributed by atoms with Gasteiger partial charge >= 0.3 is 0 Å². The number of hydrogen-bond acceptors (Lipinski definition) is 2. The van der Waals surface area contributed by atoms with E-state index in [-0.39, 0.29) is 0 Å². The average molecular weight is 202 g/mol. The molecule has 0 atom stereocenters. The smallest absolute Gasteiger partial charge is 0.123 e. The van der Waals surface area contributed by atoms with Crippen LogP contribution in [0.25, 0.3) is 11.1 Å². The lowest BCUT2D eigenvalue weighted by atomic mass is 10.1. The van der Waals surface area contributed by atoms with E-state index < -0.39 is 0 Å². The zero-order chi connectivity index (χ0) is 10.7. The van der Waals surface area contributed by atoms with Crippen molar-refractivity contribution < 1.29 is 5.11 Å². The molecule has 0 aliphatic rings. The van der Waals surface area contributed by atoms with E-state index in [9.17, 15) is 5.11 Å². The van der Waals surface area contributed by atoms with Crippen molar-refractivity contribution in [1.82, 2.24) is 9.78 Å². The van der Waals surface area contributed by atoms with Crippen molar-refractivity contribution in [2.24, 2.45) is 0 Å². The van der Waals surface area contributed by atoms with Gasteiger partial charge in [-0.2, -0.15) is 5.10 Å². The van der Waals surface area contributed by atoms with Crippen molar-refractivity contribution in [2.45, 2.75) is 19.9 Å². The van der Waals surface area contributed by atoms with Gasteiger partial charge in [-0.05, 0) is 12.5 Å². The number of phenols is 1. The fraction of sp³-hybridized carbons (Fsp3) is 0.250. The third-order valence-corrected chi connectivity index (χ3v) is 2.30. The summed E-state index contributed by atoms with van der Waals surface area (Å²) >= 11 is 0. The number of hydrogen-bond donors (Lipinski definition) is 1. The predicted molar refractivity (Wildman–Crippen MR) is 59.6 cm³/mol. The molecule has 3 heteroatoms. The Balaban J connectivity index is 2.33. The molecule has 1 aromatic heterocycles. The van der Waals surface area contributed by atoms with E-state index in [4.69, 9.17) is 0 Å². The number of nitrogens with zero attached hydrogens (tertiary/aromatic N) is 2. The summed E-state index contributed by atoms with van der Waals surface area (Å²) in [6, 6.07) is 7.30. The van der Waals surface area contributed by atoms with Crippen LogP contribution in [0, 0.1) is 0 Å². The van der Waals surface area contributed by atoms with Gasteiger partial charge in [0.25, 0.3) is 0 Å². The normalized spacial score (nSPS) is 10.5. The fourth-order valence-corrected chi connectivity index (χ4v) is 1.57. The Kier molecular flexibility index (Phi) is 2.72. The number of benzene rings is 1. The molecule has 0 fully saturated rings. The van der Waals surface area contributed by atoms with Gasteiger partial charge in [0.1, 0.15) is 5.75 Å². The molecule has 1 aromatic carbocycles. The van der Waals surface area contributed by atoms with Gasteiger partial charge in [0.2, 0.25) is 0 Å². The van der Waals surface area contributed by atoms with E-state index in [1.807, 2.05) is 29.1 Å². The van der Waals surface area contributed by atoms with Gasteiger partial charge < -0.3 is 5.11 Å². The minimum absolute atomic E-state index is 0.300. The molecule has 0 spiro atoms. The molecule has 1 heterocycles. The molecule has 0 saturated heterocycles. The van der Waals surface area contributed by atoms with E-state index >= 15 is 0 Å². The van der Waals surface area contributed by atoms with Gasteiger partial charge in [0.05, 0.1) is 6.20 Å². The van der Waals surface area contributed by atoms with Crippen LogP contribution in [0.5, 0.6) is 5.75 Å². The summed E-state index contributed by atoms with van der Waals surface area (Å²) in [5, 5.41) is 13.9. The van der Waals surface area contributed by atoms with E-state index in [0.717, 1.165) is 24.1 Å². The van der Waals surface area contributed by atoms with Crippen LogP contribution < -0.4 is 0 Å². The van der Waals surface area contributed by atoms with E-state index in [1.54, 1.807) is 12.3 Å². The molecule has 0 radical (unpaired) electrons. The van der Waals surface area contributed by atoms with Gasteiger partial charge in [0, 0.05) is 23.9 Å². The molecule has 2 rings (SSSR count). The van der Waals surface area contributed by atoms with Crippen LogP contribution in [-0.4, -0.2) is 14.9 Å². The van der Waals surface area contributed by atoms with Crippen LogP contribution in [0.4, 0.5) is 0 Å². The lowest BCUT2D eigenvalue weighted by Crippen LogP contribution is -1.95. The second-order valence-corrected chi connectivity index (χ2v) is 3.51. The summed E-state index contributed by atoms with van der Waals surface area (Å²) in [6.07, 6.45) is 4.80. The lowest BCUT2D eigenvalue weighted by molar-refractivity contribution is 0.477. The number of para-hydroxylation sites is 1. The summed E-state index contributed by atoms with van der Waals surface area (Å²) in [5.41, 5.74) is 1.79. The number of aryl methyl sites for hydroxylation is 1. The van der Waals surface area contributed by atoms with E-state index in [1.165, 1.54) is 0 Å². The monoisotopic (exact) mass is 202 g/mol. The van der Waals surface area contributed by atoms with Crippen LogP contribution >= 0.6 is 0 Å². The first-order valence-corrected chi connectivity index (χ1v) is 5.12. The second kappa shape index (κ2) is 4.17. The maximum atomic E-state index is 9.67. The molecule has 2 aromatic rings. The van der Waals surface area contributed by atoms with Crippen molar-refractivity contribution in [2.75, 3.05) is 0 Å². The Morgan fingerprint density at radius 2 is 2.13 bits per heavy atom. The van der Waals surface area contributed by atoms with Gasteiger partial charge in [-0.15, -0.1) is 0 Å². The SMILES string of the molecule is CCCn1cc(-c2ccccc2O)cn1. The second-order valence-electron chi connectivity index (χ2n) is 3.51. The Morgan fingerprint density at radius 1 is 1.33 bits per heavy atom. The number of aromatic hydroxyl groups is 1. The fourth-order valence-electron chi connectivity index (χ4n) is 1.57. The largest absolute Gasteiger partial charge is 0.507 e. The highest BCUT2D eigenvalue weighted by molar-refractivity contribution is 5.68. The van der Waals surface area contributed by atoms with Crippen molar-refractivity contribution in [3.05, 3.63) is 36.7 Å². The molecule has 0 amide bonds. The number of rotatable bonds is 3. The minimum Gasteiger partial charge on any atom is -0.507 e. The Morgan fingerprint density at radius 3 is 2.87 bits per heavy atom. The summed E-state index contributed by atoms with van der Waals surface area (Å²) < 4.78 is 1.89. The topological polar surface area (TPSA) is 38.0 Å². The zero-order valence-electron chi connectivity index (χ0n) is 8.72. The average Bonchev–Trinajstić information content (AvgIpc) is 2.68. The van der Waals surface area contributed by atoms with Crippen LogP contribution in [0.1, 0.15) is 13.3 Å². The van der Waals surface area contributed by atoms with Crippen LogP contribution in [0.15, 0.2) is 36.7 Å². The number of aromatic nitrogens is 2. The first kappa shape index (κ1) is 9.77. The molecule has 0 aliphatic carbocycles. The summed E-state index contributed by atoms with van der Waals surface area (Å²) in [7, 11) is 0. The Hall–Kier alpha value is -1.77. The minimum atomic E-state index is 0.300. The standard InChI is InChI=1S/C12H14N2O/c1-2-7-14-9-10(8-13-14)11-5-3-4-6-12(11)15/h3-6,8-9,15H,2,7H2,1H3. The molecule has 0 aliphatic heterocycles. The highest BCUT2D eigenvalue weighted by Gasteiger charge is 2.05. The van der Waals surface area contributed by atoms with Crippen LogP contribution in [0.2, 0.25) is 0 Å². The van der Waals surface area contributed by atoms with Gasteiger partial charge in [-0.1, -0.05) is 25.1 Å². The lowest BCUT2D eigenvalue weighted by Gasteiger charge is -2.00. The molecule has 3 nitrogen and oxygen atoms in total. The molecular formula is C12H14N2O. The first-order chi connectivity index (χ1) is 7.31. The van der Waals surface area contributed by atoms with Gasteiger partial charge in [0.15, 0.2) is 0 Å². The van der Waals surface area contributed by atoms with E-state index in [0.29, 0.717) is 5.75 Å². The predicted octanol–water partition coefficient (Wildman–Crippen LogP) is 2.67. The summed E-state index contributed by atoms with van der Waals surface area (Å²) in [4.78, 5) is 0. The number of phenolic OH excluding ortho intramolecular Hbond substituents is 1. The third kappa shape index (κ3) is 2.01. The van der Waals surface area contributed by atoms with Crippen molar-refractivity contribution in [1.29, 1.82) is 0 Å². The summed E-state index contributed by atoms with van der Waals surface area (Å²) in [6.45, 7) is 3.02. The maximum Gasteiger partial charge on any atom is 0.123 e. The Bertz CT molecular complexity index is 448. The zero-order valence-corrected chi connectivity index (χ0v) is 8.72. The molecule has 0 bridgehead atoms. The third-order valence-electron chi connectivity index (χ3n) is 2.30. The Labute approximate surface area is 89.0 Å². The highest BCUT2D eigenvalue weighted by Crippen LogP contribution is 2.27. The van der Waals surface area contributed by atoms with E-state index in [2.05, 4.69) is 12.0 Å². The van der Waals surface area contributed by atoms with Crippen molar-refractivity contribution in [3.63, 3.8) is 0 Å². The molecule has 0 saturated carbocycles. The molecular weight excluding hydrogens is 188 g/mol. The maximum absolute atomic E-state index is 9.67. The highest BCUT2D eigenvalue weighted by atomic mass is 16.3. The van der Waals surface area contributed by atoms with Gasteiger partial charge in [-0.25, -0.2) is 0 Å².